The Hall–Kier alpha value is -1.45. The van der Waals surface area contributed by atoms with E-state index in [4.69, 9.17) is 5.14 Å². The lowest BCUT2D eigenvalue weighted by molar-refractivity contribution is -0.125. The molecular formula is C9H13N3O4S2. The molecule has 0 atom stereocenters. The SMILES string of the molecule is CC(=O)NCC(=O)NCc1ccc(S(N)(=O)=O)s1. The third kappa shape index (κ3) is 4.82. The highest BCUT2D eigenvalue weighted by Crippen LogP contribution is 2.19. The lowest BCUT2D eigenvalue weighted by atomic mass is 10.4. The molecule has 0 fully saturated rings. The first-order chi connectivity index (χ1) is 8.29. The molecule has 1 rings (SSSR count). The van der Waals surface area contributed by atoms with E-state index in [1.54, 1.807) is 6.07 Å². The summed E-state index contributed by atoms with van der Waals surface area (Å²) >= 11 is 0.991. The zero-order chi connectivity index (χ0) is 13.8. The van der Waals surface area contributed by atoms with Crippen molar-refractivity contribution >= 4 is 33.2 Å². The standard InChI is InChI=1S/C9H13N3O4S2/c1-6(13)11-5-8(14)12-4-7-2-3-9(17-7)18(10,15)16/h2-3H,4-5H2,1H3,(H,11,13)(H,12,14)(H2,10,15,16). The van der Waals surface area contributed by atoms with Gasteiger partial charge in [-0.05, 0) is 12.1 Å². The van der Waals surface area contributed by atoms with Gasteiger partial charge in [0.1, 0.15) is 4.21 Å². The van der Waals surface area contributed by atoms with Crippen LogP contribution in [0.4, 0.5) is 0 Å². The summed E-state index contributed by atoms with van der Waals surface area (Å²) in [6.07, 6.45) is 0. The Kier molecular flexibility index (Phi) is 4.82. The van der Waals surface area contributed by atoms with Crippen LogP contribution in [-0.2, 0) is 26.2 Å². The highest BCUT2D eigenvalue weighted by molar-refractivity contribution is 7.91. The molecule has 100 valence electrons. The maximum absolute atomic E-state index is 11.3. The zero-order valence-electron chi connectivity index (χ0n) is 9.60. The molecule has 0 aliphatic carbocycles. The van der Waals surface area contributed by atoms with Crippen molar-refractivity contribution in [3.05, 3.63) is 17.0 Å². The molecule has 1 heterocycles. The molecule has 4 N–H and O–H groups in total. The number of nitrogens with two attached hydrogens (primary N) is 1. The van der Waals surface area contributed by atoms with E-state index in [0.717, 1.165) is 11.3 Å². The number of hydrogen-bond acceptors (Lipinski definition) is 5. The van der Waals surface area contributed by atoms with Gasteiger partial charge in [0.2, 0.25) is 21.8 Å². The molecule has 0 unspecified atom stereocenters. The first-order valence-electron chi connectivity index (χ1n) is 4.91. The van der Waals surface area contributed by atoms with Gasteiger partial charge in [0.05, 0.1) is 13.1 Å². The molecule has 7 nitrogen and oxygen atoms in total. The monoisotopic (exact) mass is 291 g/mol. The van der Waals surface area contributed by atoms with Gasteiger partial charge in [0, 0.05) is 11.8 Å². The molecule has 2 amide bonds. The summed E-state index contributed by atoms with van der Waals surface area (Å²) in [7, 11) is -3.69. The van der Waals surface area contributed by atoms with Crippen LogP contribution in [0.15, 0.2) is 16.3 Å². The van der Waals surface area contributed by atoms with Crippen LogP contribution in [0.1, 0.15) is 11.8 Å². The van der Waals surface area contributed by atoms with Crippen LogP contribution in [0.2, 0.25) is 0 Å². The molecule has 0 aliphatic rings. The van der Waals surface area contributed by atoms with Gasteiger partial charge in [0.15, 0.2) is 0 Å². The molecule has 18 heavy (non-hydrogen) atoms. The Labute approximate surface area is 108 Å². The number of thiophene rings is 1. The second-order valence-electron chi connectivity index (χ2n) is 3.45. The second-order valence-corrected chi connectivity index (χ2v) is 6.41. The normalized spacial score (nSPS) is 11.0. The Morgan fingerprint density at radius 2 is 2.00 bits per heavy atom. The van der Waals surface area contributed by atoms with Gasteiger partial charge in [-0.3, -0.25) is 9.59 Å². The van der Waals surface area contributed by atoms with Crippen LogP contribution < -0.4 is 15.8 Å². The number of sulfonamides is 1. The second kappa shape index (κ2) is 5.94. The molecule has 1 aromatic rings. The highest BCUT2D eigenvalue weighted by atomic mass is 32.2. The van der Waals surface area contributed by atoms with E-state index in [1.807, 2.05) is 0 Å². The maximum Gasteiger partial charge on any atom is 0.247 e. The van der Waals surface area contributed by atoms with Crippen molar-refractivity contribution in [3.63, 3.8) is 0 Å². The summed E-state index contributed by atoms with van der Waals surface area (Å²) in [5.74, 6) is -0.645. The Morgan fingerprint density at radius 1 is 1.33 bits per heavy atom. The van der Waals surface area contributed by atoms with E-state index < -0.39 is 10.0 Å². The quantitative estimate of drug-likeness (QED) is 0.654. The minimum atomic E-state index is -3.69. The fourth-order valence-corrected chi connectivity index (χ4v) is 2.78. The minimum absolute atomic E-state index is 0.0496. The molecule has 0 aliphatic heterocycles. The number of carbonyl (C=O) groups excluding carboxylic acids is 2. The predicted octanol–water partition coefficient (Wildman–Crippen LogP) is -0.852. The Morgan fingerprint density at radius 3 is 2.50 bits per heavy atom. The third-order valence-corrected chi connectivity index (χ3v) is 4.40. The number of primary sulfonamides is 1. The number of rotatable bonds is 5. The van der Waals surface area contributed by atoms with Gasteiger partial charge in [-0.15, -0.1) is 11.3 Å². The van der Waals surface area contributed by atoms with Gasteiger partial charge in [-0.1, -0.05) is 0 Å². The number of carbonyl (C=O) groups is 2. The Balaban J connectivity index is 2.47. The average Bonchev–Trinajstić information content (AvgIpc) is 2.71. The van der Waals surface area contributed by atoms with E-state index in [-0.39, 0.29) is 29.1 Å². The van der Waals surface area contributed by atoms with Crippen molar-refractivity contribution in [3.8, 4) is 0 Å². The summed E-state index contributed by atoms with van der Waals surface area (Å²) < 4.78 is 22.1. The average molecular weight is 291 g/mol. The molecule has 9 heteroatoms. The van der Waals surface area contributed by atoms with E-state index in [9.17, 15) is 18.0 Å². The lowest BCUT2D eigenvalue weighted by Crippen LogP contribution is -2.35. The molecule has 0 saturated carbocycles. The molecule has 0 aromatic carbocycles. The summed E-state index contributed by atoms with van der Waals surface area (Å²) in [5, 5.41) is 9.84. The van der Waals surface area contributed by atoms with Crippen molar-refractivity contribution in [2.24, 2.45) is 5.14 Å². The molecule has 1 aromatic heterocycles. The van der Waals surface area contributed by atoms with E-state index in [2.05, 4.69) is 10.6 Å². The molecule has 0 bridgehead atoms. The number of hydrogen-bond donors (Lipinski definition) is 3. The van der Waals surface area contributed by atoms with Gasteiger partial charge < -0.3 is 10.6 Å². The fraction of sp³-hybridized carbons (Fsp3) is 0.333. The maximum atomic E-state index is 11.3. The summed E-state index contributed by atoms with van der Waals surface area (Å²) in [4.78, 5) is 22.5. The van der Waals surface area contributed by atoms with Gasteiger partial charge >= 0.3 is 0 Å². The highest BCUT2D eigenvalue weighted by Gasteiger charge is 2.11. The van der Waals surface area contributed by atoms with Crippen LogP contribution >= 0.6 is 11.3 Å². The molecule has 0 saturated heterocycles. The fourth-order valence-electron chi connectivity index (χ4n) is 1.06. The largest absolute Gasteiger partial charge is 0.350 e. The minimum Gasteiger partial charge on any atom is -0.350 e. The summed E-state index contributed by atoms with van der Waals surface area (Å²) in [5.41, 5.74) is 0. The first-order valence-corrected chi connectivity index (χ1v) is 7.28. The van der Waals surface area contributed by atoms with Crippen molar-refractivity contribution in [1.82, 2.24) is 10.6 Å². The lowest BCUT2D eigenvalue weighted by Gasteiger charge is -2.03. The van der Waals surface area contributed by atoms with Crippen molar-refractivity contribution in [1.29, 1.82) is 0 Å². The van der Waals surface area contributed by atoms with Crippen LogP contribution in [0, 0.1) is 0 Å². The van der Waals surface area contributed by atoms with Gasteiger partial charge in [-0.25, -0.2) is 13.6 Å². The van der Waals surface area contributed by atoms with Crippen molar-refractivity contribution < 1.29 is 18.0 Å². The smallest absolute Gasteiger partial charge is 0.247 e. The first kappa shape index (κ1) is 14.6. The number of nitrogens with one attached hydrogen (secondary N) is 2. The molecular weight excluding hydrogens is 278 g/mol. The molecule has 0 spiro atoms. The van der Waals surface area contributed by atoms with E-state index in [0.29, 0.717) is 4.88 Å². The topological polar surface area (TPSA) is 118 Å². The van der Waals surface area contributed by atoms with Crippen molar-refractivity contribution in [2.75, 3.05) is 6.54 Å². The summed E-state index contributed by atoms with van der Waals surface area (Å²) in [6, 6.07) is 2.96. The number of amides is 2. The van der Waals surface area contributed by atoms with Crippen molar-refractivity contribution in [2.45, 2.75) is 17.7 Å². The van der Waals surface area contributed by atoms with Crippen LogP contribution in [0.25, 0.3) is 0 Å². The van der Waals surface area contributed by atoms with Gasteiger partial charge in [0.25, 0.3) is 0 Å². The van der Waals surface area contributed by atoms with Crippen LogP contribution in [0.5, 0.6) is 0 Å². The summed E-state index contributed by atoms with van der Waals surface area (Å²) in [6.45, 7) is 1.40. The van der Waals surface area contributed by atoms with E-state index in [1.165, 1.54) is 13.0 Å². The predicted molar refractivity (Wildman–Crippen MR) is 66.2 cm³/mol. The third-order valence-electron chi connectivity index (χ3n) is 1.88. The Bertz CT molecular complexity index is 550. The van der Waals surface area contributed by atoms with E-state index >= 15 is 0 Å². The van der Waals surface area contributed by atoms with Crippen LogP contribution in [-0.4, -0.2) is 26.8 Å². The zero-order valence-corrected chi connectivity index (χ0v) is 11.2. The molecule has 0 radical (unpaired) electrons. The van der Waals surface area contributed by atoms with Crippen LogP contribution in [0.3, 0.4) is 0 Å². The van der Waals surface area contributed by atoms with Gasteiger partial charge in [-0.2, -0.15) is 0 Å².